The van der Waals surface area contributed by atoms with Gasteiger partial charge in [-0.15, -0.1) is 0 Å². The van der Waals surface area contributed by atoms with Crippen molar-refractivity contribution in [2.75, 3.05) is 25.5 Å². The normalized spacial score (nSPS) is 16.4. The molecule has 1 aromatic carbocycles. The third-order valence-electron chi connectivity index (χ3n) is 4.61. The maximum atomic E-state index is 13.3. The fourth-order valence-corrected chi connectivity index (χ4v) is 3.12. The van der Waals surface area contributed by atoms with Crippen molar-refractivity contribution in [2.24, 2.45) is 7.05 Å². The summed E-state index contributed by atoms with van der Waals surface area (Å²) in [6, 6.07) is 7.05. The van der Waals surface area contributed by atoms with Crippen molar-refractivity contribution < 1.29 is 18.3 Å². The zero-order chi connectivity index (χ0) is 18.9. The first kappa shape index (κ1) is 18.2. The van der Waals surface area contributed by atoms with E-state index >= 15 is 0 Å². The fourth-order valence-electron chi connectivity index (χ4n) is 3.12. The molecule has 1 aliphatic heterocycles. The molecule has 0 radical (unpaired) electrons. The van der Waals surface area contributed by atoms with Crippen LogP contribution in [0, 0.1) is 6.92 Å². The highest BCUT2D eigenvalue weighted by molar-refractivity contribution is 5.94. The average molecular weight is 364 g/mol. The van der Waals surface area contributed by atoms with E-state index < -0.39 is 12.0 Å². The Morgan fingerprint density at radius 3 is 2.42 bits per heavy atom. The van der Waals surface area contributed by atoms with Crippen molar-refractivity contribution in [2.45, 2.75) is 25.7 Å². The molecule has 3 rings (SSSR count). The molecule has 8 heteroatoms. The molecule has 1 N–H and O–H groups in total. The van der Waals surface area contributed by atoms with Gasteiger partial charge in [0.15, 0.2) is 0 Å². The average Bonchev–Trinajstić information content (AvgIpc) is 2.88. The Kier molecular flexibility index (Phi) is 4.84. The summed E-state index contributed by atoms with van der Waals surface area (Å²) in [4.78, 5) is 13.9. The molecule has 1 aromatic heterocycles. The number of halogens is 2. The van der Waals surface area contributed by atoms with Crippen LogP contribution in [-0.4, -0.2) is 46.8 Å². The van der Waals surface area contributed by atoms with Crippen LogP contribution in [0.25, 0.3) is 11.1 Å². The Bertz CT molecular complexity index is 792. The van der Waals surface area contributed by atoms with Gasteiger partial charge in [-0.2, -0.15) is 5.10 Å². The van der Waals surface area contributed by atoms with Crippen LogP contribution in [-0.2, 0) is 7.05 Å². The van der Waals surface area contributed by atoms with Gasteiger partial charge in [-0.25, -0.2) is 13.6 Å². The molecule has 1 fully saturated rings. The maximum absolute atomic E-state index is 13.3. The monoisotopic (exact) mass is 364 g/mol. The van der Waals surface area contributed by atoms with Crippen LogP contribution in [0.4, 0.5) is 19.4 Å². The van der Waals surface area contributed by atoms with Crippen LogP contribution < -0.4 is 10.1 Å². The lowest BCUT2D eigenvalue weighted by Crippen LogP contribution is -2.44. The number of hydrogen-bond donors (Lipinski definition) is 1. The summed E-state index contributed by atoms with van der Waals surface area (Å²) in [6.45, 7) is 1.93. The predicted octanol–water partition coefficient (Wildman–Crippen LogP) is 3.67. The van der Waals surface area contributed by atoms with E-state index in [-0.39, 0.29) is 25.9 Å². The third-order valence-corrected chi connectivity index (χ3v) is 4.61. The first-order valence-corrected chi connectivity index (χ1v) is 8.42. The lowest BCUT2D eigenvalue weighted by molar-refractivity contribution is -0.0461. The topological polar surface area (TPSA) is 59.4 Å². The first-order valence-electron chi connectivity index (χ1n) is 8.42. The number of amides is 2. The van der Waals surface area contributed by atoms with Crippen molar-refractivity contribution >= 4 is 11.8 Å². The summed E-state index contributed by atoms with van der Waals surface area (Å²) < 4.78 is 33.4. The second-order valence-corrected chi connectivity index (χ2v) is 6.43. The van der Waals surface area contributed by atoms with E-state index in [4.69, 9.17) is 4.74 Å². The summed E-state index contributed by atoms with van der Waals surface area (Å²) in [7, 11) is 3.33. The first-order chi connectivity index (χ1) is 12.3. The number of alkyl halides is 2. The van der Waals surface area contributed by atoms with Crippen LogP contribution in [0.15, 0.2) is 24.3 Å². The number of nitrogens with zero attached hydrogens (tertiary/aromatic N) is 3. The van der Waals surface area contributed by atoms with Crippen LogP contribution in [0.3, 0.4) is 0 Å². The number of ether oxygens (including phenoxy) is 1. The maximum Gasteiger partial charge on any atom is 0.323 e. The highest BCUT2D eigenvalue weighted by Gasteiger charge is 2.36. The standard InChI is InChI=1S/C18H22F2N4O2/c1-12-15(13-4-6-14(26-3)7-5-13)16(23(2)22-12)21-17(25)24-10-8-18(19,20)9-11-24/h4-7H,8-11H2,1-3H3,(H,21,25). The van der Waals surface area contributed by atoms with E-state index in [2.05, 4.69) is 10.4 Å². The number of aryl methyl sites for hydroxylation is 2. The van der Waals surface area contributed by atoms with Crippen LogP contribution >= 0.6 is 0 Å². The van der Waals surface area contributed by atoms with E-state index in [1.54, 1.807) is 18.8 Å². The van der Waals surface area contributed by atoms with E-state index in [0.29, 0.717) is 5.82 Å². The molecule has 0 aliphatic carbocycles. The van der Waals surface area contributed by atoms with E-state index in [1.165, 1.54) is 4.90 Å². The van der Waals surface area contributed by atoms with Crippen molar-refractivity contribution in [3.8, 4) is 16.9 Å². The molecule has 0 unspecified atom stereocenters. The lowest BCUT2D eigenvalue weighted by Gasteiger charge is -2.31. The quantitative estimate of drug-likeness (QED) is 0.904. The number of likely N-dealkylation sites (tertiary alicyclic amines) is 1. The van der Waals surface area contributed by atoms with Gasteiger partial charge in [-0.1, -0.05) is 12.1 Å². The van der Waals surface area contributed by atoms with Gasteiger partial charge in [-0.05, 0) is 24.6 Å². The Balaban J connectivity index is 1.83. The van der Waals surface area contributed by atoms with Crippen LogP contribution in [0.5, 0.6) is 5.75 Å². The number of hydrogen-bond acceptors (Lipinski definition) is 3. The summed E-state index contributed by atoms with van der Waals surface area (Å²) >= 11 is 0. The Hall–Kier alpha value is -2.64. The van der Waals surface area contributed by atoms with Gasteiger partial charge in [0, 0.05) is 38.5 Å². The Morgan fingerprint density at radius 1 is 1.23 bits per heavy atom. The second kappa shape index (κ2) is 6.93. The highest BCUT2D eigenvalue weighted by Crippen LogP contribution is 2.33. The molecule has 2 heterocycles. The molecular weight excluding hydrogens is 342 g/mol. The number of piperidine rings is 1. The second-order valence-electron chi connectivity index (χ2n) is 6.43. The molecule has 6 nitrogen and oxygen atoms in total. The number of aromatic nitrogens is 2. The number of rotatable bonds is 3. The van der Waals surface area contributed by atoms with Crippen molar-refractivity contribution in [3.05, 3.63) is 30.0 Å². The molecule has 26 heavy (non-hydrogen) atoms. The number of nitrogens with one attached hydrogen (secondary N) is 1. The number of anilines is 1. The number of carbonyl (C=O) groups is 1. The molecule has 1 aliphatic rings. The van der Waals surface area contributed by atoms with Crippen molar-refractivity contribution in [3.63, 3.8) is 0 Å². The van der Waals surface area contributed by atoms with Gasteiger partial charge >= 0.3 is 6.03 Å². The Labute approximate surface area is 150 Å². The summed E-state index contributed by atoms with van der Waals surface area (Å²) in [5.74, 6) is -1.42. The molecular formula is C18H22F2N4O2. The molecule has 140 valence electrons. The minimum Gasteiger partial charge on any atom is -0.497 e. The smallest absolute Gasteiger partial charge is 0.323 e. The van der Waals surface area contributed by atoms with Crippen LogP contribution in [0.2, 0.25) is 0 Å². The van der Waals surface area contributed by atoms with Gasteiger partial charge < -0.3 is 9.64 Å². The molecule has 0 bridgehead atoms. The number of methoxy groups -OCH3 is 1. The minimum atomic E-state index is -2.69. The molecule has 2 aromatic rings. The Morgan fingerprint density at radius 2 is 1.85 bits per heavy atom. The van der Waals surface area contributed by atoms with Gasteiger partial charge in [-0.3, -0.25) is 10.00 Å². The largest absolute Gasteiger partial charge is 0.497 e. The number of carbonyl (C=O) groups excluding carboxylic acids is 1. The molecule has 2 amide bonds. The highest BCUT2D eigenvalue weighted by atomic mass is 19.3. The minimum absolute atomic E-state index is 0.0353. The number of benzene rings is 1. The molecule has 1 saturated heterocycles. The summed E-state index contributed by atoms with van der Waals surface area (Å²) in [6.07, 6.45) is -0.619. The fraction of sp³-hybridized carbons (Fsp3) is 0.444. The van der Waals surface area contributed by atoms with E-state index in [0.717, 1.165) is 22.6 Å². The van der Waals surface area contributed by atoms with Gasteiger partial charge in [0.2, 0.25) is 0 Å². The lowest BCUT2D eigenvalue weighted by atomic mass is 10.1. The zero-order valence-corrected chi connectivity index (χ0v) is 15.1. The summed E-state index contributed by atoms with van der Waals surface area (Å²) in [5.41, 5.74) is 2.45. The molecule has 0 spiro atoms. The van der Waals surface area contributed by atoms with Gasteiger partial charge in [0.05, 0.1) is 12.8 Å². The van der Waals surface area contributed by atoms with Crippen molar-refractivity contribution in [1.82, 2.24) is 14.7 Å². The van der Waals surface area contributed by atoms with Crippen LogP contribution in [0.1, 0.15) is 18.5 Å². The summed E-state index contributed by atoms with van der Waals surface area (Å²) in [5, 5.41) is 7.22. The third kappa shape index (κ3) is 3.63. The predicted molar refractivity (Wildman–Crippen MR) is 94.7 cm³/mol. The number of urea groups is 1. The zero-order valence-electron chi connectivity index (χ0n) is 15.1. The molecule has 0 atom stereocenters. The van der Waals surface area contributed by atoms with E-state index in [1.807, 2.05) is 31.2 Å². The van der Waals surface area contributed by atoms with Gasteiger partial charge in [0.1, 0.15) is 11.6 Å². The van der Waals surface area contributed by atoms with Gasteiger partial charge in [0.25, 0.3) is 5.92 Å². The van der Waals surface area contributed by atoms with Crippen molar-refractivity contribution in [1.29, 1.82) is 0 Å². The molecule has 0 saturated carbocycles. The van der Waals surface area contributed by atoms with E-state index in [9.17, 15) is 13.6 Å². The SMILES string of the molecule is COc1ccc(-c2c(C)nn(C)c2NC(=O)N2CCC(F)(F)CC2)cc1.